The van der Waals surface area contributed by atoms with Gasteiger partial charge < -0.3 is 16.2 Å². The molecule has 1 saturated carbocycles. The summed E-state index contributed by atoms with van der Waals surface area (Å²) < 4.78 is 5.43. The smallest absolute Gasteiger partial charge is 0.138 e. The van der Waals surface area contributed by atoms with E-state index in [1.807, 2.05) is 60.7 Å². The maximum absolute atomic E-state index is 9.81. The Morgan fingerprint density at radius 3 is 2.50 bits per heavy atom. The highest BCUT2D eigenvalue weighted by Gasteiger charge is 2.34. The van der Waals surface area contributed by atoms with Crippen molar-refractivity contribution in [2.24, 2.45) is 16.5 Å². The Hall–Kier alpha value is -3.73. The summed E-state index contributed by atoms with van der Waals surface area (Å²) in [6, 6.07) is 22.6. The molecule has 2 aromatic carbocycles. The molecule has 7 nitrogen and oxygen atoms in total. The molecule has 2 heterocycles. The minimum Gasteiger partial charge on any atom is -0.397 e. The fourth-order valence-electron chi connectivity index (χ4n) is 4.62. The number of morpholine rings is 1. The Balaban J connectivity index is 1.37. The molecular formula is C27H28N6O. The van der Waals surface area contributed by atoms with Crippen LogP contribution in [0.4, 0.5) is 0 Å². The summed E-state index contributed by atoms with van der Waals surface area (Å²) >= 11 is 0. The van der Waals surface area contributed by atoms with Crippen LogP contribution in [-0.4, -0.2) is 54.1 Å². The molecule has 7 heteroatoms. The first-order chi connectivity index (χ1) is 16.6. The molecule has 172 valence electrons. The highest BCUT2D eigenvalue weighted by Crippen LogP contribution is 2.30. The van der Waals surface area contributed by atoms with Crippen molar-refractivity contribution in [3.63, 3.8) is 0 Å². The normalized spacial score (nSPS) is 22.0. The van der Waals surface area contributed by atoms with Gasteiger partial charge in [-0.15, -0.1) is 0 Å². The van der Waals surface area contributed by atoms with E-state index in [0.717, 1.165) is 61.3 Å². The van der Waals surface area contributed by atoms with Gasteiger partial charge in [0.1, 0.15) is 17.5 Å². The third-order valence-corrected chi connectivity index (χ3v) is 6.68. The zero-order valence-corrected chi connectivity index (χ0v) is 19.0. The molecule has 1 aliphatic carbocycles. The molecule has 0 amide bonds. The second-order valence-electron chi connectivity index (χ2n) is 8.81. The average molecular weight is 453 g/mol. The van der Waals surface area contributed by atoms with Crippen molar-refractivity contribution >= 4 is 22.4 Å². The van der Waals surface area contributed by atoms with Gasteiger partial charge in [0.2, 0.25) is 0 Å². The number of hydrogen-bond acceptors (Lipinski definition) is 6. The van der Waals surface area contributed by atoms with Crippen molar-refractivity contribution in [1.29, 1.82) is 5.26 Å². The number of aromatic nitrogens is 1. The van der Waals surface area contributed by atoms with Crippen LogP contribution >= 0.6 is 0 Å². The quantitative estimate of drug-likeness (QED) is 0.349. The van der Waals surface area contributed by atoms with E-state index < -0.39 is 0 Å². The summed E-state index contributed by atoms with van der Waals surface area (Å²) in [5.74, 6) is 0.205. The average Bonchev–Trinajstić information content (AvgIpc) is 2.86. The lowest BCUT2D eigenvalue weighted by Gasteiger charge is -2.43. The van der Waals surface area contributed by atoms with Crippen molar-refractivity contribution in [2.75, 3.05) is 26.3 Å². The molecule has 1 saturated heterocycles. The molecule has 0 bridgehead atoms. The summed E-state index contributed by atoms with van der Waals surface area (Å²) in [6.07, 6.45) is 1.89. The van der Waals surface area contributed by atoms with Gasteiger partial charge in [0.25, 0.3) is 0 Å². The van der Waals surface area contributed by atoms with E-state index in [9.17, 15) is 5.26 Å². The first-order valence-electron chi connectivity index (χ1n) is 11.6. The monoisotopic (exact) mass is 452 g/mol. The van der Waals surface area contributed by atoms with Gasteiger partial charge in [-0.3, -0.25) is 9.89 Å². The van der Waals surface area contributed by atoms with Crippen molar-refractivity contribution in [3.05, 3.63) is 71.8 Å². The third kappa shape index (κ3) is 4.51. The molecule has 0 spiro atoms. The number of hydrogen-bond donors (Lipinski definition) is 2. The lowest BCUT2D eigenvalue weighted by molar-refractivity contribution is -0.00592. The van der Waals surface area contributed by atoms with Gasteiger partial charge in [0.05, 0.1) is 36.2 Å². The zero-order valence-electron chi connectivity index (χ0n) is 19.0. The van der Waals surface area contributed by atoms with Crippen LogP contribution < -0.4 is 11.5 Å². The number of rotatable bonds is 5. The molecule has 3 aromatic rings. The van der Waals surface area contributed by atoms with Crippen LogP contribution in [0.3, 0.4) is 0 Å². The number of nitrogens with two attached hydrogens (primary N) is 2. The van der Waals surface area contributed by atoms with Crippen LogP contribution in [0.1, 0.15) is 18.4 Å². The lowest BCUT2D eigenvalue weighted by Crippen LogP contribution is -2.51. The van der Waals surface area contributed by atoms with E-state index in [-0.39, 0.29) is 17.5 Å². The molecule has 0 atom stereocenters. The predicted molar refractivity (Wildman–Crippen MR) is 135 cm³/mol. The number of amidine groups is 1. The fourth-order valence-corrected chi connectivity index (χ4v) is 4.62. The topological polar surface area (TPSA) is 114 Å². The van der Waals surface area contributed by atoms with E-state index in [1.165, 1.54) is 0 Å². The number of aliphatic imine (C=N–C) groups is 1. The van der Waals surface area contributed by atoms with Gasteiger partial charge >= 0.3 is 0 Å². The lowest BCUT2D eigenvalue weighted by atomic mass is 9.85. The van der Waals surface area contributed by atoms with E-state index >= 15 is 0 Å². The number of fused-ring (bicyclic) bond motifs is 1. The van der Waals surface area contributed by atoms with Crippen molar-refractivity contribution in [2.45, 2.75) is 24.9 Å². The highest BCUT2D eigenvalue weighted by atomic mass is 16.5. The second kappa shape index (κ2) is 9.64. The molecule has 5 rings (SSSR count). The summed E-state index contributed by atoms with van der Waals surface area (Å²) in [5, 5.41) is 10.8. The number of nitriles is 1. The van der Waals surface area contributed by atoms with Crippen molar-refractivity contribution < 1.29 is 4.74 Å². The molecule has 34 heavy (non-hydrogen) atoms. The van der Waals surface area contributed by atoms with Crippen LogP contribution in [0.15, 0.2) is 71.2 Å². The van der Waals surface area contributed by atoms with Crippen molar-refractivity contribution in [3.8, 4) is 17.3 Å². The van der Waals surface area contributed by atoms with Gasteiger partial charge in [-0.05, 0) is 25.0 Å². The highest BCUT2D eigenvalue weighted by molar-refractivity contribution is 6.07. The second-order valence-corrected chi connectivity index (χ2v) is 8.81. The summed E-state index contributed by atoms with van der Waals surface area (Å²) in [6.45, 7) is 3.51. The standard InChI is InChI=1S/C27H28N6O/c28-17-23(27(30)31-21-15-22(16-21)33-10-12-34-13-11-33)26(29)20-7-6-19-8-9-24(32-25(19)14-20)18-4-2-1-3-5-18/h1-9,14,21-22H,10-13,15-16,29H2,(H2,30,31)/b26-23-. The fraction of sp³-hybridized carbons (Fsp3) is 0.296. The minimum absolute atomic E-state index is 0.121. The van der Waals surface area contributed by atoms with E-state index in [2.05, 4.69) is 16.0 Å². The first kappa shape index (κ1) is 22.1. The van der Waals surface area contributed by atoms with Crippen LogP contribution in [0.2, 0.25) is 0 Å². The third-order valence-electron chi connectivity index (χ3n) is 6.68. The molecule has 1 aliphatic heterocycles. The maximum Gasteiger partial charge on any atom is 0.138 e. The van der Waals surface area contributed by atoms with Crippen LogP contribution in [0, 0.1) is 11.3 Å². The molecule has 2 aliphatic rings. The van der Waals surface area contributed by atoms with Crippen LogP contribution in [0.5, 0.6) is 0 Å². The van der Waals surface area contributed by atoms with Gasteiger partial charge in [-0.2, -0.15) is 5.26 Å². The summed E-state index contributed by atoms with van der Waals surface area (Å²) in [5.41, 5.74) is 16.7. The molecule has 1 aromatic heterocycles. The zero-order chi connectivity index (χ0) is 23.5. The molecule has 2 fully saturated rings. The minimum atomic E-state index is 0.121. The van der Waals surface area contributed by atoms with E-state index in [4.69, 9.17) is 21.2 Å². The molecule has 4 N–H and O–H groups in total. The van der Waals surface area contributed by atoms with Crippen LogP contribution in [0.25, 0.3) is 27.9 Å². The number of ether oxygens (including phenoxy) is 1. The largest absolute Gasteiger partial charge is 0.397 e. The Bertz CT molecular complexity index is 1280. The SMILES string of the molecule is N#C/C(C(N)=NC1CC(N2CCOCC2)C1)=C(/N)c1ccc2ccc(-c3ccccc3)nc2c1. The first-order valence-corrected chi connectivity index (χ1v) is 11.6. The number of pyridine rings is 1. The number of benzene rings is 2. The Morgan fingerprint density at radius 1 is 1.03 bits per heavy atom. The molecular weight excluding hydrogens is 424 g/mol. The van der Waals surface area contributed by atoms with Gasteiger partial charge in [0, 0.05) is 35.6 Å². The molecule has 0 unspecified atom stereocenters. The van der Waals surface area contributed by atoms with Crippen LogP contribution in [-0.2, 0) is 4.74 Å². The van der Waals surface area contributed by atoms with Gasteiger partial charge in [-0.25, -0.2) is 4.98 Å². The van der Waals surface area contributed by atoms with E-state index in [0.29, 0.717) is 17.3 Å². The maximum atomic E-state index is 9.81. The Kier molecular flexibility index (Phi) is 6.26. The van der Waals surface area contributed by atoms with Gasteiger partial charge in [0.15, 0.2) is 0 Å². The summed E-state index contributed by atoms with van der Waals surface area (Å²) in [7, 11) is 0. The molecule has 0 radical (unpaired) electrons. The Labute approximate surface area is 199 Å². The Morgan fingerprint density at radius 2 is 1.76 bits per heavy atom. The van der Waals surface area contributed by atoms with Gasteiger partial charge in [-0.1, -0.05) is 48.5 Å². The summed E-state index contributed by atoms with van der Waals surface area (Å²) in [4.78, 5) is 11.9. The predicted octanol–water partition coefficient (Wildman–Crippen LogP) is 3.32. The van der Waals surface area contributed by atoms with Crippen molar-refractivity contribution in [1.82, 2.24) is 9.88 Å². The van der Waals surface area contributed by atoms with E-state index in [1.54, 1.807) is 0 Å². The number of nitrogens with zero attached hydrogens (tertiary/aromatic N) is 4.